The highest BCUT2D eigenvalue weighted by Crippen LogP contribution is 2.31. The maximum absolute atomic E-state index is 4.08. The van der Waals surface area contributed by atoms with Crippen molar-refractivity contribution >= 4 is 8.24 Å². The predicted molar refractivity (Wildman–Crippen MR) is 87.7 cm³/mol. The first-order valence-corrected chi connectivity index (χ1v) is 11.2. The fraction of sp³-hybridized carbons (Fsp3) is 0.765. The number of allylic oxidation sites excluding steroid dienone is 4. The minimum absolute atomic E-state index is 0.771. The molecule has 2 aliphatic rings. The van der Waals surface area contributed by atoms with Crippen molar-refractivity contribution in [1.29, 1.82) is 0 Å². The standard InChI is InChI=1S/C17H31NSi/c1-14(2)13-15-9-8-12-17(15)19(3,4)18-16-10-6-5-7-11-16/h8-9,14,16,18H,5-7,10-13H2,1-4H3. The van der Waals surface area contributed by atoms with Gasteiger partial charge in [-0.1, -0.05) is 69.1 Å². The van der Waals surface area contributed by atoms with Crippen LogP contribution in [0.1, 0.15) is 58.8 Å². The molecule has 1 fully saturated rings. The molecule has 0 spiro atoms. The lowest BCUT2D eigenvalue weighted by atomic mass is 9.96. The molecule has 0 heterocycles. The third-order valence-electron chi connectivity index (χ3n) is 4.58. The predicted octanol–water partition coefficient (Wildman–Crippen LogP) is 4.96. The van der Waals surface area contributed by atoms with Crippen molar-refractivity contribution in [3.8, 4) is 0 Å². The minimum atomic E-state index is -1.42. The normalized spacial score (nSPS) is 21.7. The molecule has 0 aromatic rings. The van der Waals surface area contributed by atoms with Crippen molar-refractivity contribution in [2.24, 2.45) is 5.92 Å². The Morgan fingerprint density at radius 3 is 2.53 bits per heavy atom. The van der Waals surface area contributed by atoms with Gasteiger partial charge in [0.15, 0.2) is 0 Å². The van der Waals surface area contributed by atoms with E-state index in [4.69, 9.17) is 0 Å². The van der Waals surface area contributed by atoms with E-state index in [1.165, 1.54) is 44.9 Å². The van der Waals surface area contributed by atoms with Crippen LogP contribution in [0.2, 0.25) is 13.1 Å². The minimum Gasteiger partial charge on any atom is -0.331 e. The van der Waals surface area contributed by atoms with Crippen LogP contribution in [-0.4, -0.2) is 14.3 Å². The highest BCUT2D eigenvalue weighted by Gasteiger charge is 2.32. The summed E-state index contributed by atoms with van der Waals surface area (Å²) in [5.74, 6) is 0.771. The summed E-state index contributed by atoms with van der Waals surface area (Å²) < 4.78 is 0. The molecule has 1 nitrogen and oxygen atoms in total. The van der Waals surface area contributed by atoms with Gasteiger partial charge in [-0.25, -0.2) is 0 Å². The Morgan fingerprint density at radius 1 is 1.21 bits per heavy atom. The van der Waals surface area contributed by atoms with Crippen LogP contribution in [0.4, 0.5) is 0 Å². The van der Waals surface area contributed by atoms with Crippen molar-refractivity contribution in [3.63, 3.8) is 0 Å². The van der Waals surface area contributed by atoms with Gasteiger partial charge in [-0.05, 0) is 31.6 Å². The molecule has 1 N–H and O–H groups in total. The molecule has 108 valence electrons. The molecule has 1 saturated carbocycles. The van der Waals surface area contributed by atoms with E-state index in [2.05, 4.69) is 44.1 Å². The van der Waals surface area contributed by atoms with Gasteiger partial charge in [0.25, 0.3) is 0 Å². The molecule has 0 saturated heterocycles. The van der Waals surface area contributed by atoms with Gasteiger partial charge in [0, 0.05) is 6.04 Å². The van der Waals surface area contributed by atoms with Crippen LogP contribution >= 0.6 is 0 Å². The van der Waals surface area contributed by atoms with Crippen LogP contribution in [0.15, 0.2) is 22.9 Å². The summed E-state index contributed by atoms with van der Waals surface area (Å²) in [6.07, 6.45) is 14.3. The molecule has 0 amide bonds. The Balaban J connectivity index is 2.04. The van der Waals surface area contributed by atoms with Crippen molar-refractivity contribution in [2.75, 3.05) is 0 Å². The third-order valence-corrected chi connectivity index (χ3v) is 7.75. The first-order valence-electron chi connectivity index (χ1n) is 8.16. The van der Waals surface area contributed by atoms with Crippen LogP contribution in [-0.2, 0) is 0 Å². The molecule has 0 aliphatic heterocycles. The molecule has 0 aromatic heterocycles. The first-order chi connectivity index (χ1) is 8.99. The molecule has 0 atom stereocenters. The zero-order valence-electron chi connectivity index (χ0n) is 13.3. The highest BCUT2D eigenvalue weighted by atomic mass is 28.3. The Kier molecular flexibility index (Phi) is 5.07. The van der Waals surface area contributed by atoms with Gasteiger partial charge < -0.3 is 4.98 Å². The van der Waals surface area contributed by atoms with Crippen molar-refractivity contribution < 1.29 is 0 Å². The van der Waals surface area contributed by atoms with E-state index in [0.29, 0.717) is 0 Å². The Labute approximate surface area is 120 Å². The average Bonchev–Trinajstić information content (AvgIpc) is 2.77. The number of nitrogens with one attached hydrogen (secondary N) is 1. The second-order valence-corrected chi connectivity index (χ2v) is 11.5. The molecular weight excluding hydrogens is 246 g/mol. The first kappa shape index (κ1) is 15.1. The van der Waals surface area contributed by atoms with Gasteiger partial charge in [0.2, 0.25) is 0 Å². The Bertz CT molecular complexity index is 359. The van der Waals surface area contributed by atoms with Gasteiger partial charge in [-0.2, -0.15) is 0 Å². The molecular formula is C17H31NSi. The van der Waals surface area contributed by atoms with Crippen LogP contribution in [0, 0.1) is 5.92 Å². The molecule has 2 heteroatoms. The van der Waals surface area contributed by atoms with Crippen LogP contribution in [0.5, 0.6) is 0 Å². The molecule has 0 bridgehead atoms. The average molecular weight is 278 g/mol. The topological polar surface area (TPSA) is 12.0 Å². The van der Waals surface area contributed by atoms with Gasteiger partial charge >= 0.3 is 0 Å². The summed E-state index contributed by atoms with van der Waals surface area (Å²) in [6, 6.07) is 0.795. The molecule has 2 aliphatic carbocycles. The molecule has 2 rings (SSSR count). The SMILES string of the molecule is CC(C)CC1=C([Si](C)(C)NC2CCCCC2)CC=C1. The van der Waals surface area contributed by atoms with Gasteiger partial charge in [-0.15, -0.1) is 0 Å². The zero-order chi connectivity index (χ0) is 13.9. The molecule has 0 radical (unpaired) electrons. The number of rotatable bonds is 5. The fourth-order valence-corrected chi connectivity index (χ4v) is 6.78. The lowest BCUT2D eigenvalue weighted by molar-refractivity contribution is 0.414. The summed E-state index contributed by atoms with van der Waals surface area (Å²) in [5.41, 5.74) is 1.65. The van der Waals surface area contributed by atoms with E-state index in [0.717, 1.165) is 12.0 Å². The van der Waals surface area contributed by atoms with E-state index < -0.39 is 8.24 Å². The summed E-state index contributed by atoms with van der Waals surface area (Å²) in [6.45, 7) is 9.70. The van der Waals surface area contributed by atoms with Gasteiger partial charge in [-0.3, -0.25) is 0 Å². The smallest absolute Gasteiger partial charge is 0.148 e. The van der Waals surface area contributed by atoms with Crippen molar-refractivity contribution in [2.45, 2.75) is 77.9 Å². The second-order valence-electron chi connectivity index (χ2n) is 7.31. The highest BCUT2D eigenvalue weighted by molar-refractivity contribution is 6.82. The number of hydrogen-bond donors (Lipinski definition) is 1. The lowest BCUT2D eigenvalue weighted by Crippen LogP contribution is -2.52. The summed E-state index contributed by atoms with van der Waals surface area (Å²) in [4.78, 5) is 4.08. The van der Waals surface area contributed by atoms with Crippen LogP contribution in [0.25, 0.3) is 0 Å². The van der Waals surface area contributed by atoms with Crippen molar-refractivity contribution in [3.05, 3.63) is 22.9 Å². The van der Waals surface area contributed by atoms with Gasteiger partial charge in [0.1, 0.15) is 8.24 Å². The summed E-state index contributed by atoms with van der Waals surface area (Å²) in [7, 11) is -1.42. The maximum Gasteiger partial charge on any atom is 0.148 e. The van der Waals surface area contributed by atoms with Crippen LogP contribution < -0.4 is 4.98 Å². The van der Waals surface area contributed by atoms with E-state index in [1.54, 1.807) is 10.8 Å². The second kappa shape index (κ2) is 6.40. The molecule has 19 heavy (non-hydrogen) atoms. The summed E-state index contributed by atoms with van der Waals surface area (Å²) in [5, 5.41) is 1.77. The van der Waals surface area contributed by atoms with Crippen molar-refractivity contribution in [1.82, 2.24) is 4.98 Å². The van der Waals surface area contributed by atoms with E-state index >= 15 is 0 Å². The quantitative estimate of drug-likeness (QED) is 0.701. The van der Waals surface area contributed by atoms with Crippen LogP contribution in [0.3, 0.4) is 0 Å². The zero-order valence-corrected chi connectivity index (χ0v) is 14.3. The fourth-order valence-electron chi connectivity index (χ4n) is 3.68. The third kappa shape index (κ3) is 4.06. The lowest BCUT2D eigenvalue weighted by Gasteiger charge is -2.34. The largest absolute Gasteiger partial charge is 0.331 e. The molecule has 0 aromatic carbocycles. The van der Waals surface area contributed by atoms with E-state index in [9.17, 15) is 0 Å². The maximum atomic E-state index is 4.08. The molecule has 0 unspecified atom stereocenters. The Morgan fingerprint density at radius 2 is 1.89 bits per heavy atom. The van der Waals surface area contributed by atoms with E-state index in [-0.39, 0.29) is 0 Å². The van der Waals surface area contributed by atoms with E-state index in [1.807, 2.05) is 0 Å². The summed E-state index contributed by atoms with van der Waals surface area (Å²) >= 11 is 0. The van der Waals surface area contributed by atoms with Gasteiger partial charge in [0.05, 0.1) is 0 Å². The monoisotopic (exact) mass is 277 g/mol. The number of hydrogen-bond acceptors (Lipinski definition) is 1. The Hall–Kier alpha value is -0.343.